The number of benzene rings is 2. The van der Waals surface area contributed by atoms with Gasteiger partial charge in [0.05, 0.1) is 16.9 Å². The van der Waals surface area contributed by atoms with Crippen molar-refractivity contribution >= 4 is 23.5 Å². The molecule has 0 radical (unpaired) electrons. The number of terminal acetylenes is 1. The second kappa shape index (κ2) is 7.22. The third-order valence-corrected chi connectivity index (χ3v) is 2.74. The minimum Gasteiger partial charge on any atom is -0.479 e. The number of anilines is 1. The van der Waals surface area contributed by atoms with Crippen molar-refractivity contribution in [1.82, 2.24) is 0 Å². The summed E-state index contributed by atoms with van der Waals surface area (Å²) in [6.07, 6.45) is 6.81. The van der Waals surface area contributed by atoms with Crippen molar-refractivity contribution in [3.63, 3.8) is 0 Å². The summed E-state index contributed by atoms with van der Waals surface area (Å²) in [5, 5.41) is 4.64. The first-order valence-electron chi connectivity index (χ1n) is 5.99. The van der Waals surface area contributed by atoms with Gasteiger partial charge < -0.3 is 4.74 Å². The second-order valence-electron chi connectivity index (χ2n) is 3.92. The molecule has 0 fully saturated rings. The molecule has 0 atom stereocenters. The molecule has 0 aromatic heterocycles. The normalized spacial score (nSPS) is 10.2. The van der Waals surface area contributed by atoms with Crippen molar-refractivity contribution in [3.05, 3.63) is 59.1 Å². The summed E-state index contributed by atoms with van der Waals surface area (Å²) >= 11 is 6.09. The zero-order valence-electron chi connectivity index (χ0n) is 10.7. The smallest absolute Gasteiger partial charge is 0.148 e. The molecule has 0 aliphatic carbocycles. The Morgan fingerprint density at radius 2 is 2.05 bits per heavy atom. The third-order valence-electron chi connectivity index (χ3n) is 2.45. The van der Waals surface area contributed by atoms with Crippen LogP contribution in [0.25, 0.3) is 0 Å². The molecule has 0 unspecified atom stereocenters. The fourth-order valence-electron chi connectivity index (χ4n) is 1.53. The van der Waals surface area contributed by atoms with Gasteiger partial charge in [-0.3, -0.25) is 5.43 Å². The molecular formula is C16H13ClN2O. The van der Waals surface area contributed by atoms with Crippen LogP contribution in [0, 0.1) is 12.3 Å². The van der Waals surface area contributed by atoms with Crippen molar-refractivity contribution in [2.24, 2.45) is 5.10 Å². The van der Waals surface area contributed by atoms with E-state index in [0.717, 1.165) is 11.3 Å². The molecule has 0 saturated carbocycles. The first kappa shape index (κ1) is 14.0. The van der Waals surface area contributed by atoms with Crippen molar-refractivity contribution in [2.45, 2.75) is 0 Å². The van der Waals surface area contributed by atoms with E-state index in [1.807, 2.05) is 36.4 Å². The van der Waals surface area contributed by atoms with Gasteiger partial charge in [-0.1, -0.05) is 35.7 Å². The van der Waals surface area contributed by atoms with E-state index in [0.29, 0.717) is 10.8 Å². The highest BCUT2D eigenvalue weighted by atomic mass is 35.5. The fourth-order valence-corrected chi connectivity index (χ4v) is 1.77. The van der Waals surface area contributed by atoms with Crippen molar-refractivity contribution in [3.8, 4) is 18.1 Å². The molecule has 2 aromatic rings. The van der Waals surface area contributed by atoms with Crippen molar-refractivity contribution in [2.75, 3.05) is 12.0 Å². The molecule has 20 heavy (non-hydrogen) atoms. The minimum atomic E-state index is 0.197. The molecule has 3 nitrogen and oxygen atoms in total. The Hall–Kier alpha value is -2.44. The number of nitrogens with zero attached hydrogens (tertiary/aromatic N) is 1. The van der Waals surface area contributed by atoms with Crippen molar-refractivity contribution < 1.29 is 4.74 Å². The Kier molecular flexibility index (Phi) is 5.05. The molecule has 4 heteroatoms. The monoisotopic (exact) mass is 284 g/mol. The maximum absolute atomic E-state index is 6.09. The molecule has 0 aliphatic heterocycles. The maximum atomic E-state index is 6.09. The number of halogens is 1. The lowest BCUT2D eigenvalue weighted by Gasteiger charge is -2.05. The van der Waals surface area contributed by atoms with Gasteiger partial charge in [-0.05, 0) is 35.9 Å². The van der Waals surface area contributed by atoms with E-state index in [1.165, 1.54) is 0 Å². The predicted molar refractivity (Wildman–Crippen MR) is 83.4 cm³/mol. The van der Waals surface area contributed by atoms with Gasteiger partial charge in [0.15, 0.2) is 0 Å². The molecule has 0 amide bonds. The Morgan fingerprint density at radius 3 is 2.75 bits per heavy atom. The van der Waals surface area contributed by atoms with Gasteiger partial charge in [-0.2, -0.15) is 5.10 Å². The van der Waals surface area contributed by atoms with E-state index >= 15 is 0 Å². The van der Waals surface area contributed by atoms with E-state index in [9.17, 15) is 0 Å². The summed E-state index contributed by atoms with van der Waals surface area (Å²) in [5.74, 6) is 2.96. The zero-order valence-corrected chi connectivity index (χ0v) is 11.5. The molecular weight excluding hydrogens is 272 g/mol. The van der Waals surface area contributed by atoms with Crippen LogP contribution in [0.2, 0.25) is 5.02 Å². The maximum Gasteiger partial charge on any atom is 0.148 e. The number of hydrazone groups is 1. The molecule has 0 bridgehead atoms. The number of hydrogen-bond acceptors (Lipinski definition) is 3. The standard InChI is InChI=1S/C16H13ClN2O/c1-2-10-20-16-9-8-13(11-15(16)17)12-18-19-14-6-4-3-5-7-14/h1,3-9,11-12,19H,10H2. The lowest BCUT2D eigenvalue weighted by atomic mass is 10.2. The van der Waals surface area contributed by atoms with Crippen LogP contribution in [0.4, 0.5) is 5.69 Å². The van der Waals surface area contributed by atoms with Gasteiger partial charge in [-0.25, -0.2) is 0 Å². The van der Waals surface area contributed by atoms with Crippen LogP contribution in [0.15, 0.2) is 53.6 Å². The molecule has 2 aromatic carbocycles. The first-order chi connectivity index (χ1) is 9.79. The van der Waals surface area contributed by atoms with Gasteiger partial charge in [-0.15, -0.1) is 6.42 Å². The van der Waals surface area contributed by atoms with Crippen LogP contribution in [-0.4, -0.2) is 12.8 Å². The number of hydrogen-bond donors (Lipinski definition) is 1. The summed E-state index contributed by atoms with van der Waals surface area (Å²) in [7, 11) is 0. The van der Waals surface area contributed by atoms with Crippen LogP contribution >= 0.6 is 11.6 Å². The lowest BCUT2D eigenvalue weighted by Crippen LogP contribution is -1.95. The van der Waals surface area contributed by atoms with Gasteiger partial charge in [0.1, 0.15) is 12.4 Å². The summed E-state index contributed by atoms with van der Waals surface area (Å²) in [6, 6.07) is 15.1. The van der Waals surface area contributed by atoms with Gasteiger partial charge in [0.2, 0.25) is 0 Å². The quantitative estimate of drug-likeness (QED) is 0.515. The number of ether oxygens (including phenoxy) is 1. The molecule has 2 rings (SSSR count). The number of para-hydroxylation sites is 1. The highest BCUT2D eigenvalue weighted by molar-refractivity contribution is 6.32. The lowest BCUT2D eigenvalue weighted by molar-refractivity contribution is 0.370. The van der Waals surface area contributed by atoms with Crippen LogP contribution in [0.3, 0.4) is 0 Å². The van der Waals surface area contributed by atoms with Crippen molar-refractivity contribution in [1.29, 1.82) is 0 Å². The zero-order chi connectivity index (χ0) is 14.2. The van der Waals surface area contributed by atoms with E-state index in [4.69, 9.17) is 22.8 Å². The second-order valence-corrected chi connectivity index (χ2v) is 4.33. The predicted octanol–water partition coefficient (Wildman–Crippen LogP) is 3.80. The topological polar surface area (TPSA) is 33.6 Å². The van der Waals surface area contributed by atoms with E-state index in [1.54, 1.807) is 18.3 Å². The van der Waals surface area contributed by atoms with Gasteiger partial charge in [0, 0.05) is 0 Å². The van der Waals surface area contributed by atoms with E-state index in [2.05, 4.69) is 16.4 Å². The molecule has 0 aliphatic rings. The summed E-state index contributed by atoms with van der Waals surface area (Å²) in [5.41, 5.74) is 4.72. The fraction of sp³-hybridized carbons (Fsp3) is 0.0625. The first-order valence-corrected chi connectivity index (χ1v) is 6.37. The highest BCUT2D eigenvalue weighted by Gasteiger charge is 2.01. The van der Waals surface area contributed by atoms with Gasteiger partial charge in [0.25, 0.3) is 0 Å². The van der Waals surface area contributed by atoms with Crippen LogP contribution < -0.4 is 10.2 Å². The Morgan fingerprint density at radius 1 is 1.25 bits per heavy atom. The molecule has 0 heterocycles. The summed E-state index contributed by atoms with van der Waals surface area (Å²) < 4.78 is 5.29. The van der Waals surface area contributed by atoms with Crippen LogP contribution in [-0.2, 0) is 0 Å². The molecule has 100 valence electrons. The largest absolute Gasteiger partial charge is 0.479 e. The average molecular weight is 285 g/mol. The average Bonchev–Trinajstić information content (AvgIpc) is 2.47. The molecule has 1 N–H and O–H groups in total. The SMILES string of the molecule is C#CCOc1ccc(C=NNc2ccccc2)cc1Cl. The van der Waals surface area contributed by atoms with E-state index < -0.39 is 0 Å². The summed E-state index contributed by atoms with van der Waals surface area (Å²) in [6.45, 7) is 0.197. The molecule has 0 spiro atoms. The summed E-state index contributed by atoms with van der Waals surface area (Å²) in [4.78, 5) is 0. The van der Waals surface area contributed by atoms with Gasteiger partial charge >= 0.3 is 0 Å². The molecule has 0 saturated heterocycles. The third kappa shape index (κ3) is 4.04. The number of nitrogens with one attached hydrogen (secondary N) is 1. The Balaban J connectivity index is 2.00. The van der Waals surface area contributed by atoms with Crippen LogP contribution in [0.1, 0.15) is 5.56 Å². The minimum absolute atomic E-state index is 0.197. The Bertz CT molecular complexity index is 633. The van der Waals surface area contributed by atoms with E-state index in [-0.39, 0.29) is 6.61 Å². The highest BCUT2D eigenvalue weighted by Crippen LogP contribution is 2.24. The number of rotatable bonds is 5. The Labute approximate surface area is 123 Å². The van der Waals surface area contributed by atoms with Crippen LogP contribution in [0.5, 0.6) is 5.75 Å².